The quantitative estimate of drug-likeness (QED) is 0.595. The van der Waals surface area contributed by atoms with Crippen LogP contribution in [-0.2, 0) is 4.79 Å². The normalized spacial score (nSPS) is 19.7. The van der Waals surface area contributed by atoms with Crippen LogP contribution in [0.2, 0.25) is 0 Å². The molecule has 0 aliphatic carbocycles. The summed E-state index contributed by atoms with van der Waals surface area (Å²) >= 11 is 1.48. The molecule has 4 nitrogen and oxygen atoms in total. The van der Waals surface area contributed by atoms with Gasteiger partial charge in [0, 0.05) is 0 Å². The highest BCUT2D eigenvalue weighted by molar-refractivity contribution is 8.16. The number of hydrogen-bond acceptors (Lipinski definition) is 4. The van der Waals surface area contributed by atoms with Gasteiger partial charge in [-0.3, -0.25) is 9.69 Å². The van der Waals surface area contributed by atoms with Gasteiger partial charge in [-0.2, -0.15) is 5.10 Å². The first-order valence-corrected chi connectivity index (χ1v) is 9.23. The van der Waals surface area contributed by atoms with E-state index in [4.69, 9.17) is 0 Å². The lowest BCUT2D eigenvalue weighted by atomic mass is 10.1. The van der Waals surface area contributed by atoms with Crippen LogP contribution in [0, 0.1) is 6.92 Å². The number of hydrogen-bond donors (Lipinski definition) is 0. The van der Waals surface area contributed by atoms with E-state index < -0.39 is 0 Å². The Labute approximate surface area is 152 Å². The Morgan fingerprint density at radius 3 is 2.44 bits per heavy atom. The van der Waals surface area contributed by atoms with E-state index in [0.29, 0.717) is 5.17 Å². The van der Waals surface area contributed by atoms with E-state index in [2.05, 4.69) is 10.2 Å². The molecule has 0 saturated carbocycles. The SMILES string of the molecule is CC[C@H]1S/C(=N/N=C(\C)c2ccccc2)N(c2ccc(C)cc2)C1=O. The maximum absolute atomic E-state index is 12.7. The van der Waals surface area contributed by atoms with E-state index in [9.17, 15) is 4.79 Å². The van der Waals surface area contributed by atoms with Crippen molar-refractivity contribution >= 4 is 34.2 Å². The van der Waals surface area contributed by atoms with Crippen LogP contribution in [-0.4, -0.2) is 22.0 Å². The predicted molar refractivity (Wildman–Crippen MR) is 106 cm³/mol. The smallest absolute Gasteiger partial charge is 0.246 e. The van der Waals surface area contributed by atoms with Crippen LogP contribution in [0.5, 0.6) is 0 Å². The van der Waals surface area contributed by atoms with Crippen LogP contribution in [0.25, 0.3) is 0 Å². The second-order valence-corrected chi connectivity index (χ2v) is 7.13. The molecule has 1 aliphatic rings. The van der Waals surface area contributed by atoms with Crippen molar-refractivity contribution in [2.45, 2.75) is 32.4 Å². The molecule has 0 spiro atoms. The number of thioether (sulfide) groups is 1. The van der Waals surface area contributed by atoms with Gasteiger partial charge in [-0.15, -0.1) is 5.10 Å². The summed E-state index contributed by atoms with van der Waals surface area (Å²) in [7, 11) is 0. The zero-order valence-electron chi connectivity index (χ0n) is 14.6. The number of aryl methyl sites for hydroxylation is 1. The van der Waals surface area contributed by atoms with Gasteiger partial charge in [-0.25, -0.2) is 0 Å². The van der Waals surface area contributed by atoms with Crippen molar-refractivity contribution in [1.29, 1.82) is 0 Å². The molecule has 0 N–H and O–H groups in total. The maximum Gasteiger partial charge on any atom is 0.246 e. The molecule has 2 aromatic carbocycles. The van der Waals surface area contributed by atoms with Crippen LogP contribution < -0.4 is 4.90 Å². The average Bonchev–Trinajstić information content (AvgIpc) is 2.97. The molecule has 2 aromatic rings. The summed E-state index contributed by atoms with van der Waals surface area (Å²) in [4.78, 5) is 14.4. The molecule has 0 unspecified atom stereocenters. The largest absolute Gasteiger partial charge is 0.273 e. The van der Waals surface area contributed by atoms with Crippen molar-refractivity contribution in [2.75, 3.05) is 4.90 Å². The van der Waals surface area contributed by atoms with Crippen molar-refractivity contribution in [3.8, 4) is 0 Å². The van der Waals surface area contributed by atoms with Crippen molar-refractivity contribution < 1.29 is 4.79 Å². The van der Waals surface area contributed by atoms with Crippen molar-refractivity contribution in [1.82, 2.24) is 0 Å². The third-order valence-electron chi connectivity index (χ3n) is 4.07. The molecule has 1 aliphatic heterocycles. The van der Waals surface area contributed by atoms with Gasteiger partial charge in [0.2, 0.25) is 5.91 Å². The zero-order valence-corrected chi connectivity index (χ0v) is 15.5. The molecule has 5 heteroatoms. The number of carbonyl (C=O) groups is 1. The van der Waals surface area contributed by atoms with Crippen molar-refractivity contribution in [2.24, 2.45) is 10.2 Å². The Kier molecular flexibility index (Phi) is 5.34. The van der Waals surface area contributed by atoms with Gasteiger partial charge < -0.3 is 0 Å². The minimum atomic E-state index is -0.104. The minimum absolute atomic E-state index is 0.0719. The standard InChI is InChI=1S/C20H21N3OS/c1-4-18-19(24)23(17-12-10-14(2)11-13-17)20(25-18)22-21-15(3)16-8-6-5-7-9-16/h5-13,18H,4H2,1-3H3/b21-15+,22-20+/t18-/m1/s1. The first-order valence-electron chi connectivity index (χ1n) is 8.35. The maximum atomic E-state index is 12.7. The highest BCUT2D eigenvalue weighted by Gasteiger charge is 2.38. The van der Waals surface area contributed by atoms with E-state index >= 15 is 0 Å². The molecular formula is C20H21N3OS. The number of amidine groups is 1. The fourth-order valence-corrected chi connectivity index (χ4v) is 3.60. The second kappa shape index (κ2) is 7.66. The molecule has 128 valence electrons. The number of nitrogens with zero attached hydrogens (tertiary/aromatic N) is 3. The Hall–Kier alpha value is -2.40. The van der Waals surface area contributed by atoms with Gasteiger partial charge in [0.15, 0.2) is 5.17 Å². The number of benzene rings is 2. The van der Waals surface area contributed by atoms with Crippen LogP contribution in [0.15, 0.2) is 64.8 Å². The average molecular weight is 351 g/mol. The molecule has 3 rings (SSSR count). The van der Waals surface area contributed by atoms with Gasteiger partial charge >= 0.3 is 0 Å². The number of amides is 1. The van der Waals surface area contributed by atoms with Crippen molar-refractivity contribution in [3.63, 3.8) is 0 Å². The Morgan fingerprint density at radius 1 is 1.12 bits per heavy atom. The fraction of sp³-hybridized carbons (Fsp3) is 0.250. The Morgan fingerprint density at radius 2 is 1.80 bits per heavy atom. The lowest BCUT2D eigenvalue weighted by molar-refractivity contribution is -0.116. The van der Waals surface area contributed by atoms with E-state index in [1.807, 2.05) is 75.4 Å². The first kappa shape index (κ1) is 17.4. The van der Waals surface area contributed by atoms with Gasteiger partial charge in [-0.05, 0) is 38.0 Å². The lowest BCUT2D eigenvalue weighted by Crippen LogP contribution is -2.31. The summed E-state index contributed by atoms with van der Waals surface area (Å²) in [6, 6.07) is 17.8. The van der Waals surface area contributed by atoms with E-state index in [1.54, 1.807) is 4.90 Å². The summed E-state index contributed by atoms with van der Waals surface area (Å²) in [5.74, 6) is 0.0719. The highest BCUT2D eigenvalue weighted by Crippen LogP contribution is 2.33. The van der Waals surface area contributed by atoms with Crippen LogP contribution in [0.3, 0.4) is 0 Å². The van der Waals surface area contributed by atoms with Gasteiger partial charge in [0.05, 0.1) is 16.6 Å². The second-order valence-electron chi connectivity index (χ2n) is 5.96. The fourth-order valence-electron chi connectivity index (χ4n) is 2.58. The molecular weight excluding hydrogens is 330 g/mol. The molecule has 0 aromatic heterocycles. The molecule has 1 heterocycles. The highest BCUT2D eigenvalue weighted by atomic mass is 32.2. The molecule has 0 bridgehead atoms. The molecule has 1 amide bonds. The number of carbonyl (C=O) groups excluding carboxylic acids is 1. The summed E-state index contributed by atoms with van der Waals surface area (Å²) < 4.78 is 0. The predicted octanol–water partition coefficient (Wildman–Crippen LogP) is 4.63. The van der Waals surface area contributed by atoms with Gasteiger partial charge in [-0.1, -0.05) is 66.7 Å². The monoisotopic (exact) mass is 351 g/mol. The van der Waals surface area contributed by atoms with Gasteiger partial charge in [0.25, 0.3) is 0 Å². The lowest BCUT2D eigenvalue weighted by Gasteiger charge is -2.16. The van der Waals surface area contributed by atoms with Crippen molar-refractivity contribution in [3.05, 3.63) is 65.7 Å². The van der Waals surface area contributed by atoms with E-state index in [0.717, 1.165) is 28.9 Å². The summed E-state index contributed by atoms with van der Waals surface area (Å²) in [6.07, 6.45) is 0.770. The van der Waals surface area contributed by atoms with Gasteiger partial charge in [0.1, 0.15) is 0 Å². The Balaban J connectivity index is 1.94. The Bertz CT molecular complexity index is 813. The summed E-state index contributed by atoms with van der Waals surface area (Å²) in [5.41, 5.74) is 3.84. The first-order chi connectivity index (χ1) is 12.1. The summed E-state index contributed by atoms with van der Waals surface area (Å²) in [6.45, 7) is 5.97. The number of anilines is 1. The minimum Gasteiger partial charge on any atom is -0.273 e. The van der Waals surface area contributed by atoms with Crippen LogP contribution in [0.4, 0.5) is 5.69 Å². The topological polar surface area (TPSA) is 45.0 Å². The summed E-state index contributed by atoms with van der Waals surface area (Å²) in [5, 5.41) is 9.29. The van der Waals surface area contributed by atoms with E-state index in [-0.39, 0.29) is 11.2 Å². The molecule has 1 atom stereocenters. The third kappa shape index (κ3) is 3.82. The molecule has 0 radical (unpaired) electrons. The van der Waals surface area contributed by atoms with Crippen LogP contribution >= 0.6 is 11.8 Å². The van der Waals surface area contributed by atoms with E-state index in [1.165, 1.54) is 11.8 Å². The molecule has 1 saturated heterocycles. The van der Waals surface area contributed by atoms with Crippen LogP contribution in [0.1, 0.15) is 31.4 Å². The number of rotatable bonds is 4. The zero-order chi connectivity index (χ0) is 17.8. The third-order valence-corrected chi connectivity index (χ3v) is 5.37. The molecule has 25 heavy (non-hydrogen) atoms. The molecule has 1 fully saturated rings.